The van der Waals surface area contributed by atoms with E-state index in [-0.39, 0.29) is 0 Å². The maximum absolute atomic E-state index is 3.58. The predicted molar refractivity (Wildman–Crippen MR) is 137 cm³/mol. The van der Waals surface area contributed by atoms with Crippen LogP contribution in [-0.4, -0.2) is 0 Å². The largest absolute Gasteiger partial charge is 0.0622 e. The molecule has 0 atom stereocenters. The van der Waals surface area contributed by atoms with Crippen LogP contribution in [0.3, 0.4) is 0 Å². The van der Waals surface area contributed by atoms with Crippen molar-refractivity contribution in [2.75, 3.05) is 0 Å². The van der Waals surface area contributed by atoms with Crippen molar-refractivity contribution in [3.05, 3.63) is 153 Å². The van der Waals surface area contributed by atoms with Crippen LogP contribution in [-0.2, 0) is 0 Å². The van der Waals surface area contributed by atoms with E-state index in [9.17, 15) is 0 Å². The highest BCUT2D eigenvalue weighted by atomic mass is 14.1. The summed E-state index contributed by atoms with van der Waals surface area (Å²) in [7, 11) is 0. The number of benzene rings is 4. The monoisotopic (exact) mass is 412 g/mol. The lowest BCUT2D eigenvalue weighted by Gasteiger charge is -2.11. The molecule has 0 radical (unpaired) electrons. The van der Waals surface area contributed by atoms with Gasteiger partial charge in [-0.15, -0.1) is 0 Å². The summed E-state index contributed by atoms with van der Waals surface area (Å²) in [6, 6.07) is 34.1. The molecule has 0 heteroatoms. The molecule has 0 aliphatic carbocycles. The first-order valence-electron chi connectivity index (χ1n) is 11.0. The average molecular weight is 413 g/mol. The van der Waals surface area contributed by atoms with Crippen molar-refractivity contribution >= 4 is 11.1 Å². The quantitative estimate of drug-likeness (QED) is 0.296. The Morgan fingerprint density at radius 1 is 0.469 bits per heavy atom. The molecule has 0 saturated carbocycles. The summed E-state index contributed by atoms with van der Waals surface area (Å²) in [5.74, 6) is 0. The van der Waals surface area contributed by atoms with Gasteiger partial charge in [-0.2, -0.15) is 0 Å². The molecule has 156 valence electrons. The van der Waals surface area contributed by atoms with E-state index in [4.69, 9.17) is 0 Å². The fourth-order valence-electron chi connectivity index (χ4n) is 4.11. The van der Waals surface area contributed by atoms with Gasteiger partial charge in [0, 0.05) is 11.1 Å². The van der Waals surface area contributed by atoms with Crippen molar-refractivity contribution in [3.63, 3.8) is 0 Å². The van der Waals surface area contributed by atoms with Gasteiger partial charge in [-0.1, -0.05) is 120 Å². The van der Waals surface area contributed by atoms with Gasteiger partial charge >= 0.3 is 0 Å². The van der Waals surface area contributed by atoms with Crippen molar-refractivity contribution in [1.82, 2.24) is 0 Å². The minimum absolute atomic E-state index is 1.06. The predicted octanol–water partition coefficient (Wildman–Crippen LogP) is 8.24. The number of aryl methyl sites for hydroxylation is 4. The van der Waals surface area contributed by atoms with E-state index >= 15 is 0 Å². The normalized spacial score (nSPS) is 10.2. The smallest absolute Gasteiger partial charge is 0.0396 e. The van der Waals surface area contributed by atoms with Crippen LogP contribution >= 0.6 is 0 Å². The number of rotatable bonds is 4. The average Bonchev–Trinajstić information content (AvgIpc) is 2.80. The molecule has 0 unspecified atom stereocenters. The van der Waals surface area contributed by atoms with Crippen LogP contribution in [0.5, 0.6) is 0 Å². The lowest BCUT2D eigenvalue weighted by molar-refractivity contribution is 1.35. The minimum Gasteiger partial charge on any atom is -0.0622 e. The number of hydrogen-bond acceptors (Lipinski definition) is 0. The van der Waals surface area contributed by atoms with E-state index in [0.717, 1.165) is 22.3 Å². The second-order valence-corrected chi connectivity index (χ2v) is 8.37. The summed E-state index contributed by atoms with van der Waals surface area (Å²) < 4.78 is 0. The van der Waals surface area contributed by atoms with E-state index in [2.05, 4.69) is 124 Å². The Labute approximate surface area is 191 Å². The van der Waals surface area contributed by atoms with Crippen molar-refractivity contribution in [3.8, 4) is 0 Å². The van der Waals surface area contributed by atoms with Gasteiger partial charge in [-0.3, -0.25) is 0 Å². The van der Waals surface area contributed by atoms with Crippen molar-refractivity contribution < 1.29 is 0 Å². The zero-order chi connectivity index (χ0) is 22.5. The minimum atomic E-state index is 1.06. The summed E-state index contributed by atoms with van der Waals surface area (Å²) in [5.41, 5.74) is 18.9. The molecule has 4 rings (SSSR count). The Balaban J connectivity index is 2.07. The summed E-state index contributed by atoms with van der Waals surface area (Å²) in [4.78, 5) is 0. The summed E-state index contributed by atoms with van der Waals surface area (Å²) in [5, 5.41) is 0. The first-order chi connectivity index (χ1) is 15.5. The van der Waals surface area contributed by atoms with E-state index in [1.54, 1.807) is 0 Å². The van der Waals surface area contributed by atoms with Gasteiger partial charge in [0.1, 0.15) is 0 Å². The number of hydrogen-bond donors (Lipinski definition) is 0. The van der Waals surface area contributed by atoms with Crippen LogP contribution in [0.15, 0.2) is 109 Å². The molecule has 0 bridgehead atoms. The molecular formula is C32H28. The van der Waals surface area contributed by atoms with Crippen LogP contribution in [0.1, 0.15) is 44.5 Å². The SMILES string of the molecule is Cc1ccc(C(=C=C=C(c2ccccc2)c2ccc(C)cc2C)c2ccccc2)c(C)c1. The Morgan fingerprint density at radius 3 is 1.19 bits per heavy atom. The molecule has 0 spiro atoms. The highest BCUT2D eigenvalue weighted by Gasteiger charge is 2.10. The van der Waals surface area contributed by atoms with Crippen LogP contribution in [0, 0.1) is 27.7 Å². The summed E-state index contributed by atoms with van der Waals surface area (Å²) in [6.45, 7) is 8.59. The molecule has 0 nitrogen and oxygen atoms in total. The van der Waals surface area contributed by atoms with Gasteiger partial charge < -0.3 is 0 Å². The Bertz CT molecular complexity index is 1240. The van der Waals surface area contributed by atoms with Crippen molar-refractivity contribution in [2.45, 2.75) is 27.7 Å². The molecule has 4 aromatic rings. The molecule has 0 heterocycles. The Morgan fingerprint density at radius 2 is 0.844 bits per heavy atom. The zero-order valence-electron chi connectivity index (χ0n) is 19.2. The molecular weight excluding hydrogens is 384 g/mol. The molecule has 0 aliphatic rings. The van der Waals surface area contributed by atoms with E-state index in [1.165, 1.54) is 33.4 Å². The first kappa shape index (κ1) is 21.4. The second-order valence-electron chi connectivity index (χ2n) is 8.37. The highest BCUT2D eigenvalue weighted by Crippen LogP contribution is 2.28. The van der Waals surface area contributed by atoms with E-state index in [0.29, 0.717) is 0 Å². The molecule has 0 fully saturated rings. The fourth-order valence-corrected chi connectivity index (χ4v) is 4.11. The van der Waals surface area contributed by atoms with Gasteiger partial charge in [0.2, 0.25) is 0 Å². The molecule has 32 heavy (non-hydrogen) atoms. The van der Waals surface area contributed by atoms with Crippen molar-refractivity contribution in [2.24, 2.45) is 0 Å². The van der Waals surface area contributed by atoms with E-state index in [1.807, 2.05) is 12.1 Å². The van der Waals surface area contributed by atoms with Gasteiger partial charge in [-0.25, -0.2) is 0 Å². The maximum Gasteiger partial charge on any atom is 0.0396 e. The lowest BCUT2D eigenvalue weighted by atomic mass is 9.92. The van der Waals surface area contributed by atoms with Crippen molar-refractivity contribution in [1.29, 1.82) is 0 Å². The second kappa shape index (κ2) is 9.54. The molecule has 0 saturated heterocycles. The first-order valence-corrected chi connectivity index (χ1v) is 11.0. The Hall–Kier alpha value is -3.82. The maximum atomic E-state index is 3.58. The standard InChI is InChI=1S/C32H28/c1-23-15-17-29(25(3)21-23)31(27-11-7-5-8-12-27)19-20-32(28-13-9-6-10-14-28)30-18-16-24(2)22-26(30)4/h5-18,21-22H,1-4H3. The topological polar surface area (TPSA) is 0 Å². The zero-order valence-corrected chi connectivity index (χ0v) is 19.2. The third-order valence-corrected chi connectivity index (χ3v) is 5.74. The van der Waals surface area contributed by atoms with Gasteiger partial charge in [0.05, 0.1) is 0 Å². The molecule has 0 aromatic heterocycles. The summed E-state index contributed by atoms with van der Waals surface area (Å²) >= 11 is 0. The highest BCUT2D eigenvalue weighted by molar-refractivity contribution is 5.84. The molecule has 0 N–H and O–H groups in total. The lowest BCUT2D eigenvalue weighted by Crippen LogP contribution is -1.92. The molecule has 0 amide bonds. The molecule has 4 aromatic carbocycles. The molecule has 0 aliphatic heterocycles. The van der Waals surface area contributed by atoms with Gasteiger partial charge in [-0.05, 0) is 61.1 Å². The van der Waals surface area contributed by atoms with Crippen LogP contribution in [0.4, 0.5) is 0 Å². The van der Waals surface area contributed by atoms with Crippen LogP contribution in [0.25, 0.3) is 11.1 Å². The summed E-state index contributed by atoms with van der Waals surface area (Å²) in [6.07, 6.45) is 0. The van der Waals surface area contributed by atoms with Gasteiger partial charge in [0.25, 0.3) is 0 Å². The third-order valence-electron chi connectivity index (χ3n) is 5.74. The third kappa shape index (κ3) is 4.74. The fraction of sp³-hybridized carbons (Fsp3) is 0.125. The van der Waals surface area contributed by atoms with E-state index < -0.39 is 0 Å². The van der Waals surface area contributed by atoms with Crippen LogP contribution in [0.2, 0.25) is 0 Å². The Kier molecular flexibility index (Phi) is 6.39. The van der Waals surface area contributed by atoms with Gasteiger partial charge in [0.15, 0.2) is 0 Å². The van der Waals surface area contributed by atoms with Crippen LogP contribution < -0.4 is 0 Å².